The number of rotatable bonds is 2. The fraction of sp³-hybridized carbons (Fsp3) is 0.846. The van der Waals surface area contributed by atoms with Gasteiger partial charge in [-0.15, -0.1) is 0 Å². The van der Waals surface area contributed by atoms with Crippen LogP contribution in [0.25, 0.3) is 0 Å². The molecule has 1 heterocycles. The van der Waals surface area contributed by atoms with Crippen molar-refractivity contribution >= 4 is 23.5 Å². The number of nitrogens with zero attached hydrogens (tertiary/aromatic N) is 1. The topological polar surface area (TPSA) is 76.8 Å². The molecule has 20 heavy (non-hydrogen) atoms. The highest BCUT2D eigenvalue weighted by Crippen LogP contribution is 2.42. The van der Waals surface area contributed by atoms with Crippen LogP contribution in [0.5, 0.6) is 0 Å². The minimum atomic E-state index is -0.444. The first-order chi connectivity index (χ1) is 9.30. The van der Waals surface area contributed by atoms with Crippen molar-refractivity contribution in [3.05, 3.63) is 0 Å². The molecule has 1 amide bonds. The van der Waals surface area contributed by atoms with E-state index in [1.54, 1.807) is 0 Å². The molecule has 3 N–H and O–H groups in total. The van der Waals surface area contributed by atoms with Crippen LogP contribution in [0.4, 0.5) is 4.79 Å². The number of fused-ring (bicyclic) bond motifs is 2. The van der Waals surface area contributed by atoms with Crippen LogP contribution in [0, 0.1) is 11.8 Å². The average Bonchev–Trinajstić information content (AvgIpc) is 2.93. The summed E-state index contributed by atoms with van der Waals surface area (Å²) >= 11 is 4.86. The molecule has 2 bridgehead atoms. The smallest absolute Gasteiger partial charge is 0.410 e. The minimum Gasteiger partial charge on any atom is -0.470 e. The van der Waals surface area contributed by atoms with Gasteiger partial charge in [0.1, 0.15) is 5.60 Å². The van der Waals surface area contributed by atoms with Gasteiger partial charge in [-0.25, -0.2) is 10.6 Å². The fourth-order valence-electron chi connectivity index (χ4n) is 3.03. The Morgan fingerprint density at radius 2 is 2.15 bits per heavy atom. The number of nitrogens with one attached hydrogen (secondary N) is 1. The zero-order valence-corrected chi connectivity index (χ0v) is 13.0. The standard InChI is InChI=1S/C13H23N3O3S/c1-13(2,3)19-12(17)16-6-8-4-10(16)5-9(8)7-18-11(20)15-14/h8-10H,4-7,14H2,1-3H3,(H,15,20). The third-order valence-electron chi connectivity index (χ3n) is 3.86. The van der Waals surface area contributed by atoms with Crippen molar-refractivity contribution in [1.29, 1.82) is 0 Å². The molecule has 1 saturated carbocycles. The summed E-state index contributed by atoms with van der Waals surface area (Å²) in [6.45, 7) is 6.96. The highest BCUT2D eigenvalue weighted by molar-refractivity contribution is 7.80. The van der Waals surface area contributed by atoms with Crippen molar-refractivity contribution < 1.29 is 14.3 Å². The third-order valence-corrected chi connectivity index (χ3v) is 4.10. The lowest BCUT2D eigenvalue weighted by Crippen LogP contribution is -2.44. The zero-order valence-electron chi connectivity index (χ0n) is 12.2. The van der Waals surface area contributed by atoms with Gasteiger partial charge < -0.3 is 14.4 Å². The lowest BCUT2D eigenvalue weighted by molar-refractivity contribution is 0.0140. The molecule has 0 aromatic heterocycles. The second-order valence-electron chi connectivity index (χ2n) is 6.52. The molecule has 6 nitrogen and oxygen atoms in total. The van der Waals surface area contributed by atoms with E-state index in [2.05, 4.69) is 5.43 Å². The number of hydrogen-bond acceptors (Lipinski definition) is 5. The summed E-state index contributed by atoms with van der Waals surface area (Å²) in [4.78, 5) is 13.9. The summed E-state index contributed by atoms with van der Waals surface area (Å²) in [5, 5.41) is 0.219. The maximum atomic E-state index is 12.1. The van der Waals surface area contributed by atoms with E-state index >= 15 is 0 Å². The Hall–Kier alpha value is -1.08. The molecule has 0 radical (unpaired) electrons. The number of likely N-dealkylation sites (tertiary alicyclic amines) is 1. The van der Waals surface area contributed by atoms with Crippen LogP contribution in [0.1, 0.15) is 33.6 Å². The largest absolute Gasteiger partial charge is 0.470 e. The van der Waals surface area contributed by atoms with Crippen molar-refractivity contribution in [2.75, 3.05) is 13.2 Å². The minimum absolute atomic E-state index is 0.205. The van der Waals surface area contributed by atoms with Gasteiger partial charge in [0.25, 0.3) is 5.17 Å². The average molecular weight is 301 g/mol. The Morgan fingerprint density at radius 3 is 2.65 bits per heavy atom. The molecule has 1 saturated heterocycles. The van der Waals surface area contributed by atoms with Gasteiger partial charge in [-0.1, -0.05) is 0 Å². The predicted molar refractivity (Wildman–Crippen MR) is 78.8 cm³/mol. The van der Waals surface area contributed by atoms with Gasteiger partial charge in [0.05, 0.1) is 6.61 Å². The van der Waals surface area contributed by atoms with Crippen LogP contribution in [0.15, 0.2) is 0 Å². The lowest BCUT2D eigenvalue weighted by Gasteiger charge is -2.33. The Morgan fingerprint density at radius 1 is 1.45 bits per heavy atom. The number of carbonyl (C=O) groups is 1. The monoisotopic (exact) mass is 301 g/mol. The van der Waals surface area contributed by atoms with E-state index in [-0.39, 0.29) is 17.3 Å². The van der Waals surface area contributed by atoms with Crippen LogP contribution in [-0.4, -0.2) is 41.0 Å². The van der Waals surface area contributed by atoms with Crippen LogP contribution < -0.4 is 11.3 Å². The molecule has 2 aliphatic rings. The maximum absolute atomic E-state index is 12.1. The van der Waals surface area contributed by atoms with Crippen molar-refractivity contribution in [2.45, 2.75) is 45.3 Å². The molecule has 2 fully saturated rings. The molecular formula is C13H23N3O3S. The molecule has 3 unspecified atom stereocenters. The number of amides is 1. The van der Waals surface area contributed by atoms with E-state index in [1.807, 2.05) is 25.7 Å². The van der Waals surface area contributed by atoms with E-state index in [0.29, 0.717) is 18.4 Å². The van der Waals surface area contributed by atoms with Gasteiger partial charge in [-0.3, -0.25) is 5.43 Å². The van der Waals surface area contributed by atoms with E-state index in [4.69, 9.17) is 27.5 Å². The van der Waals surface area contributed by atoms with Crippen molar-refractivity contribution in [3.63, 3.8) is 0 Å². The van der Waals surface area contributed by atoms with Gasteiger partial charge in [0.2, 0.25) is 0 Å². The Labute approximate surface area is 124 Å². The van der Waals surface area contributed by atoms with Crippen molar-refractivity contribution in [2.24, 2.45) is 17.7 Å². The Bertz CT molecular complexity index is 397. The number of nitrogens with two attached hydrogens (primary N) is 1. The van der Waals surface area contributed by atoms with Crippen molar-refractivity contribution in [1.82, 2.24) is 10.3 Å². The van der Waals surface area contributed by atoms with Gasteiger partial charge in [0.15, 0.2) is 0 Å². The third kappa shape index (κ3) is 3.52. The summed E-state index contributed by atoms with van der Waals surface area (Å²) in [5.74, 6) is 6.07. The lowest BCUT2D eigenvalue weighted by atomic mass is 9.96. The number of piperidine rings is 1. The van der Waals surface area contributed by atoms with Crippen LogP contribution in [0.2, 0.25) is 0 Å². The first-order valence-corrected chi connectivity index (χ1v) is 7.34. The van der Waals surface area contributed by atoms with Crippen LogP contribution in [0.3, 0.4) is 0 Å². The molecule has 0 aromatic rings. The highest BCUT2D eigenvalue weighted by Gasteiger charge is 2.47. The molecule has 7 heteroatoms. The van der Waals surface area contributed by atoms with Gasteiger partial charge in [-0.05, 0) is 57.7 Å². The molecule has 114 valence electrons. The summed E-state index contributed by atoms with van der Waals surface area (Å²) in [7, 11) is 0. The van der Waals surface area contributed by atoms with E-state index in [9.17, 15) is 4.79 Å². The van der Waals surface area contributed by atoms with Gasteiger partial charge in [-0.2, -0.15) is 0 Å². The van der Waals surface area contributed by atoms with Gasteiger partial charge >= 0.3 is 6.09 Å². The van der Waals surface area contributed by atoms with Crippen LogP contribution >= 0.6 is 12.2 Å². The molecule has 1 aliphatic carbocycles. The summed E-state index contributed by atoms with van der Waals surface area (Å²) in [6.07, 6.45) is 1.76. The van der Waals surface area contributed by atoms with E-state index < -0.39 is 5.60 Å². The molecule has 0 aromatic carbocycles. The molecular weight excluding hydrogens is 278 g/mol. The van der Waals surface area contributed by atoms with Crippen LogP contribution in [-0.2, 0) is 9.47 Å². The first kappa shape index (κ1) is 15.3. The summed E-state index contributed by atoms with van der Waals surface area (Å²) in [6, 6.07) is 0.267. The molecule has 3 atom stereocenters. The fourth-order valence-corrected chi connectivity index (χ4v) is 3.10. The normalized spacial score (nSPS) is 28.4. The number of thiocarbonyl (C=S) groups is 1. The summed E-state index contributed by atoms with van der Waals surface area (Å²) in [5.41, 5.74) is 1.87. The maximum Gasteiger partial charge on any atom is 0.410 e. The second-order valence-corrected chi connectivity index (χ2v) is 6.89. The second kappa shape index (κ2) is 5.73. The number of hydrogen-bond donors (Lipinski definition) is 2. The number of hydrazine groups is 1. The summed E-state index contributed by atoms with van der Waals surface area (Å²) < 4.78 is 10.8. The Kier molecular flexibility index (Phi) is 4.39. The SMILES string of the molecule is CC(C)(C)OC(=O)N1CC2CC1CC2COC(=S)NN. The number of ether oxygens (including phenoxy) is 2. The molecule has 2 rings (SSSR count). The molecule has 0 spiro atoms. The molecule has 1 aliphatic heterocycles. The van der Waals surface area contributed by atoms with Crippen molar-refractivity contribution in [3.8, 4) is 0 Å². The first-order valence-electron chi connectivity index (χ1n) is 6.93. The van der Waals surface area contributed by atoms with E-state index in [0.717, 1.165) is 19.4 Å². The quantitative estimate of drug-likeness (QED) is 0.456. The highest BCUT2D eigenvalue weighted by atomic mass is 32.1. The number of carbonyl (C=O) groups excluding carboxylic acids is 1. The Balaban J connectivity index is 1.82. The van der Waals surface area contributed by atoms with E-state index in [1.165, 1.54) is 0 Å². The zero-order chi connectivity index (χ0) is 14.9. The van der Waals surface area contributed by atoms with Gasteiger partial charge in [0, 0.05) is 12.6 Å². The predicted octanol–water partition coefficient (Wildman–Crippen LogP) is 1.40.